The number of benzene rings is 1. The summed E-state index contributed by atoms with van der Waals surface area (Å²) in [4.78, 5) is 52.6. The van der Waals surface area contributed by atoms with Crippen LogP contribution in [0.4, 0.5) is 17.2 Å². The van der Waals surface area contributed by atoms with Gasteiger partial charge in [-0.2, -0.15) is 0 Å². The Morgan fingerprint density at radius 3 is 2.51 bits per heavy atom. The number of hydrogen-bond acceptors (Lipinski definition) is 10. The maximum absolute atomic E-state index is 14.0. The molecule has 2 amide bonds. The number of hydrogen-bond donors (Lipinski definition) is 3. The second-order valence-electron chi connectivity index (χ2n) is 13.8. The molecule has 3 saturated heterocycles. The van der Waals surface area contributed by atoms with Gasteiger partial charge in [-0.15, -0.1) is 0 Å². The third kappa shape index (κ3) is 7.55. The number of nitrogens with one attached hydrogen (secondary N) is 1. The lowest BCUT2D eigenvalue weighted by Gasteiger charge is -2.41. The quantitative estimate of drug-likeness (QED) is 0.212. The third-order valence-corrected chi connectivity index (χ3v) is 9.90. The van der Waals surface area contributed by atoms with E-state index in [0.29, 0.717) is 73.5 Å². The summed E-state index contributed by atoms with van der Waals surface area (Å²) >= 11 is 0. The minimum absolute atomic E-state index is 0.00331. The first-order valence-corrected chi connectivity index (χ1v) is 17.4. The van der Waals surface area contributed by atoms with Crippen molar-refractivity contribution in [2.75, 3.05) is 68.4 Å². The highest BCUT2D eigenvalue weighted by Gasteiger charge is 2.51. The first kappa shape index (κ1) is 35.5. The Morgan fingerprint density at radius 2 is 1.82 bits per heavy atom. The van der Waals surface area contributed by atoms with Crippen LogP contribution in [0.2, 0.25) is 0 Å². The summed E-state index contributed by atoms with van der Waals surface area (Å²) in [5, 5.41) is 8.80. The number of rotatable bonds is 10. The van der Waals surface area contributed by atoms with Gasteiger partial charge in [0.05, 0.1) is 29.5 Å². The van der Waals surface area contributed by atoms with E-state index in [-0.39, 0.29) is 36.2 Å². The Balaban J connectivity index is 1.05. The molecule has 0 aliphatic carbocycles. The standard InChI is InChI=1S/C37H47N11O3/c1-24(2)51-31-12-7-27(19-42-31)33(39)34-29(38)10-11-30(44-34)48-16-14-37(36(48)50)13-15-45(22-37)21-32(49)47-18-17-46(20-25(47)3)28-8-5-26(6-9-28)35(40)43-23-41-4/h5-12,19,23-25,39H,13-18,20-22,38H2,1-4H3,(H2,40,41,43)/t25-,37-/m0/s1. The average Bonchev–Trinajstić information content (AvgIpc) is 3.68. The van der Waals surface area contributed by atoms with Gasteiger partial charge in [0.1, 0.15) is 23.7 Å². The highest BCUT2D eigenvalue weighted by molar-refractivity contribution is 6.13. The highest BCUT2D eigenvalue weighted by atomic mass is 16.5. The first-order chi connectivity index (χ1) is 24.5. The van der Waals surface area contributed by atoms with E-state index in [1.807, 2.05) is 43.0 Å². The van der Waals surface area contributed by atoms with Gasteiger partial charge in [0.25, 0.3) is 0 Å². The van der Waals surface area contributed by atoms with Crippen molar-refractivity contribution in [1.82, 2.24) is 19.8 Å². The van der Waals surface area contributed by atoms with E-state index >= 15 is 0 Å². The molecule has 51 heavy (non-hydrogen) atoms. The number of carbonyl (C=O) groups excluding carboxylic acids is 2. The van der Waals surface area contributed by atoms with E-state index < -0.39 is 5.41 Å². The number of aliphatic imine (C=N–C) groups is 2. The summed E-state index contributed by atoms with van der Waals surface area (Å²) in [6.45, 7) is 9.99. The largest absolute Gasteiger partial charge is 0.475 e. The Bertz CT molecular complexity index is 1830. The molecule has 268 valence electrons. The van der Waals surface area contributed by atoms with E-state index in [2.05, 4.69) is 31.7 Å². The summed E-state index contributed by atoms with van der Waals surface area (Å²) in [5.41, 5.74) is 14.9. The molecule has 2 aromatic heterocycles. The highest BCUT2D eigenvalue weighted by Crippen LogP contribution is 2.42. The van der Waals surface area contributed by atoms with Crippen molar-refractivity contribution in [2.24, 2.45) is 21.1 Å². The van der Waals surface area contributed by atoms with Crippen molar-refractivity contribution in [3.05, 3.63) is 71.5 Å². The molecular weight excluding hydrogens is 646 g/mol. The molecule has 0 unspecified atom stereocenters. The number of carbonyl (C=O) groups is 2. The van der Waals surface area contributed by atoms with E-state index in [1.165, 1.54) is 6.34 Å². The smallest absolute Gasteiger partial charge is 0.237 e. The molecule has 3 aromatic rings. The van der Waals surface area contributed by atoms with Crippen LogP contribution in [0.1, 0.15) is 50.4 Å². The van der Waals surface area contributed by atoms with Gasteiger partial charge in [0.2, 0.25) is 17.7 Å². The molecule has 0 saturated carbocycles. The van der Waals surface area contributed by atoms with Gasteiger partial charge < -0.3 is 26.0 Å². The molecule has 0 bridgehead atoms. The summed E-state index contributed by atoms with van der Waals surface area (Å²) in [7, 11) is 1.65. The van der Waals surface area contributed by atoms with Gasteiger partial charge in [-0.05, 0) is 82.6 Å². The van der Waals surface area contributed by atoms with Gasteiger partial charge in [-0.1, -0.05) is 0 Å². The van der Waals surface area contributed by atoms with E-state index in [4.69, 9.17) is 26.6 Å². The number of anilines is 3. The third-order valence-electron chi connectivity index (χ3n) is 9.90. The summed E-state index contributed by atoms with van der Waals surface area (Å²) in [6.07, 6.45) is 4.34. The fourth-order valence-corrected chi connectivity index (χ4v) is 7.18. The molecule has 3 aliphatic rings. The molecule has 3 aliphatic heterocycles. The van der Waals surface area contributed by atoms with Crippen LogP contribution in [-0.4, -0.2) is 114 Å². The SMILES string of the molecule is CN=CN=C(N)c1ccc(N2CCN(C(=O)CN3CC[C@]4(CCN(c5ccc(N)c(C(=N)c6ccc(OC(C)C)nc6)n5)C4=O)C3)[C@@H](C)C2)cc1. The maximum atomic E-state index is 14.0. The van der Waals surface area contributed by atoms with Gasteiger partial charge in [0.15, 0.2) is 0 Å². The average molecular weight is 694 g/mol. The topological polar surface area (TPSA) is 183 Å². The van der Waals surface area contributed by atoms with Crippen LogP contribution in [0.15, 0.2) is 64.7 Å². The number of pyridine rings is 2. The predicted octanol–water partition coefficient (Wildman–Crippen LogP) is 2.79. The Kier molecular flexibility index (Phi) is 10.3. The molecule has 14 nitrogen and oxygen atoms in total. The zero-order valence-electron chi connectivity index (χ0n) is 29.7. The van der Waals surface area contributed by atoms with Crippen molar-refractivity contribution in [2.45, 2.75) is 45.8 Å². The lowest BCUT2D eigenvalue weighted by Crippen LogP contribution is -2.56. The van der Waals surface area contributed by atoms with Crippen molar-refractivity contribution in [1.29, 1.82) is 5.41 Å². The number of aromatic nitrogens is 2. The molecule has 5 heterocycles. The van der Waals surface area contributed by atoms with Crippen molar-refractivity contribution < 1.29 is 14.3 Å². The first-order valence-electron chi connectivity index (χ1n) is 17.4. The van der Waals surface area contributed by atoms with Crippen LogP contribution in [0.5, 0.6) is 5.88 Å². The van der Waals surface area contributed by atoms with Crippen LogP contribution in [-0.2, 0) is 9.59 Å². The number of nitrogen functional groups attached to an aromatic ring is 1. The molecule has 3 fully saturated rings. The molecule has 2 atom stereocenters. The van der Waals surface area contributed by atoms with Crippen LogP contribution in [0.3, 0.4) is 0 Å². The Labute approximate surface area is 298 Å². The van der Waals surface area contributed by atoms with Crippen molar-refractivity contribution >= 4 is 46.9 Å². The van der Waals surface area contributed by atoms with Crippen LogP contribution in [0, 0.1) is 10.8 Å². The Morgan fingerprint density at radius 1 is 1.08 bits per heavy atom. The van der Waals surface area contributed by atoms with Gasteiger partial charge >= 0.3 is 0 Å². The van der Waals surface area contributed by atoms with Gasteiger partial charge in [-0.25, -0.2) is 15.0 Å². The lowest BCUT2D eigenvalue weighted by molar-refractivity contribution is -0.135. The van der Waals surface area contributed by atoms with E-state index in [9.17, 15) is 9.59 Å². The van der Waals surface area contributed by atoms with Gasteiger partial charge in [-0.3, -0.25) is 29.8 Å². The predicted molar refractivity (Wildman–Crippen MR) is 200 cm³/mol. The molecule has 14 heteroatoms. The molecule has 1 aromatic carbocycles. The number of nitrogens with zero attached hydrogens (tertiary/aromatic N) is 8. The number of piperazine rings is 1. The van der Waals surface area contributed by atoms with Gasteiger partial charge in [0, 0.05) is 74.9 Å². The summed E-state index contributed by atoms with van der Waals surface area (Å²) in [6, 6.07) is 14.9. The molecule has 6 rings (SSSR count). The molecule has 5 N–H and O–H groups in total. The molecule has 1 spiro atoms. The fourth-order valence-electron chi connectivity index (χ4n) is 7.18. The van der Waals surface area contributed by atoms with Crippen LogP contribution < -0.4 is 26.0 Å². The minimum atomic E-state index is -0.568. The number of amides is 2. The lowest BCUT2D eigenvalue weighted by atomic mass is 9.85. The number of ether oxygens (including phenoxy) is 1. The second kappa shape index (κ2) is 14.9. The fraction of sp³-hybridized carbons (Fsp3) is 0.432. The number of amidine groups is 1. The maximum Gasteiger partial charge on any atom is 0.237 e. The molecular formula is C37H47N11O3. The Hall–Kier alpha value is -5.37. The molecule has 0 radical (unpaired) electrons. The van der Waals surface area contributed by atoms with Crippen LogP contribution >= 0.6 is 0 Å². The van der Waals surface area contributed by atoms with E-state index in [1.54, 1.807) is 42.4 Å². The van der Waals surface area contributed by atoms with E-state index in [0.717, 1.165) is 24.3 Å². The zero-order valence-corrected chi connectivity index (χ0v) is 29.7. The number of likely N-dealkylation sites (tertiary alicyclic amines) is 1. The monoisotopic (exact) mass is 693 g/mol. The second-order valence-corrected chi connectivity index (χ2v) is 13.8. The number of nitrogens with two attached hydrogens (primary N) is 2. The zero-order chi connectivity index (χ0) is 36.3. The normalized spacial score (nSPS) is 21.4. The minimum Gasteiger partial charge on any atom is -0.475 e. The van der Waals surface area contributed by atoms with Crippen LogP contribution in [0.25, 0.3) is 0 Å². The van der Waals surface area contributed by atoms with Crippen molar-refractivity contribution in [3.8, 4) is 5.88 Å². The summed E-state index contributed by atoms with van der Waals surface area (Å²) in [5.74, 6) is 1.44. The summed E-state index contributed by atoms with van der Waals surface area (Å²) < 4.78 is 5.62. The van der Waals surface area contributed by atoms with Crippen molar-refractivity contribution in [3.63, 3.8) is 0 Å².